The Balaban J connectivity index is 1.38. The summed E-state index contributed by atoms with van der Waals surface area (Å²) in [5.41, 5.74) is 9.19. The molecule has 0 unspecified atom stereocenters. The molecule has 4 heterocycles. The molecule has 1 saturated carbocycles. The molecule has 3 aromatic rings. The molecule has 2 aliphatic heterocycles. The topological polar surface area (TPSA) is 82.7 Å². The van der Waals surface area contributed by atoms with E-state index in [1.165, 1.54) is 44.5 Å². The van der Waals surface area contributed by atoms with E-state index in [9.17, 15) is 9.18 Å². The van der Waals surface area contributed by atoms with E-state index in [-0.39, 0.29) is 11.0 Å². The summed E-state index contributed by atoms with van der Waals surface area (Å²) >= 11 is 0. The molecule has 1 spiro atoms. The smallest absolute Gasteiger partial charge is 0.251 e. The summed E-state index contributed by atoms with van der Waals surface area (Å²) in [6.07, 6.45) is 8.09. The predicted octanol–water partition coefficient (Wildman–Crippen LogP) is 2.81. The number of fused-ring (bicyclic) bond motifs is 4. The third-order valence-electron chi connectivity index (χ3n) is 7.92. The molecule has 158 valence electrons. The van der Waals surface area contributed by atoms with Crippen LogP contribution in [0.15, 0.2) is 18.3 Å². The van der Waals surface area contributed by atoms with Gasteiger partial charge in [-0.25, -0.2) is 18.9 Å². The normalized spacial score (nSPS) is 23.7. The Kier molecular flexibility index (Phi) is 3.69. The molecule has 2 saturated heterocycles. The average Bonchev–Trinajstić information content (AvgIpc) is 3.32. The number of hydrogen-bond acceptors (Lipinski definition) is 4. The van der Waals surface area contributed by atoms with Gasteiger partial charge in [-0.2, -0.15) is 5.10 Å². The van der Waals surface area contributed by atoms with Crippen molar-refractivity contribution >= 4 is 22.6 Å². The van der Waals surface area contributed by atoms with Gasteiger partial charge >= 0.3 is 0 Å². The summed E-state index contributed by atoms with van der Waals surface area (Å²) in [5, 5.41) is 9.71. The second-order valence-corrected chi connectivity index (χ2v) is 9.85. The first-order valence-corrected chi connectivity index (χ1v) is 10.9. The van der Waals surface area contributed by atoms with Gasteiger partial charge in [-0.05, 0) is 43.2 Å². The standard InChI is InChI=1S/C22H27FN6O/c1-21(5-7-27-12-22(3-2-4-22)13-28(27)8-6-21)16-11-25-29-18-15(19(24)30)9-14(23)10-17(18)26-20(16)29/h9-11,26H,2-8,12-13H2,1H3,(H2,24,30). The Morgan fingerprint density at radius 2 is 1.87 bits per heavy atom. The number of aromatic amines is 1. The zero-order valence-corrected chi connectivity index (χ0v) is 17.2. The summed E-state index contributed by atoms with van der Waals surface area (Å²) in [4.78, 5) is 15.2. The van der Waals surface area contributed by atoms with E-state index in [0.717, 1.165) is 37.1 Å². The fourth-order valence-corrected chi connectivity index (χ4v) is 5.92. The van der Waals surface area contributed by atoms with Crippen molar-refractivity contribution in [2.45, 2.75) is 44.4 Å². The molecule has 3 N–H and O–H groups in total. The average molecular weight is 410 g/mol. The van der Waals surface area contributed by atoms with Crippen LogP contribution in [0.25, 0.3) is 16.7 Å². The second kappa shape index (κ2) is 6.04. The minimum atomic E-state index is -0.656. The molecule has 1 aromatic carbocycles. The zero-order chi connectivity index (χ0) is 20.7. The number of nitrogens with one attached hydrogen (secondary N) is 1. The molecular formula is C22H27FN6O. The maximum atomic E-state index is 14.0. The lowest BCUT2D eigenvalue weighted by atomic mass is 9.69. The van der Waals surface area contributed by atoms with Gasteiger partial charge in [-0.15, -0.1) is 0 Å². The van der Waals surface area contributed by atoms with Crippen LogP contribution in [0.3, 0.4) is 0 Å². The number of rotatable bonds is 2. The van der Waals surface area contributed by atoms with Crippen molar-refractivity contribution in [3.05, 3.63) is 35.3 Å². The Morgan fingerprint density at radius 3 is 2.47 bits per heavy atom. The SMILES string of the molecule is CC1(c2cnn3c2[nH]c2cc(F)cc(C(N)=O)c23)CCN2CC3(CCC3)CN2CC1. The van der Waals surface area contributed by atoms with Gasteiger partial charge in [0.1, 0.15) is 17.0 Å². The molecule has 0 radical (unpaired) electrons. The van der Waals surface area contributed by atoms with Crippen LogP contribution >= 0.6 is 0 Å². The first kappa shape index (κ1) is 18.3. The van der Waals surface area contributed by atoms with E-state index in [4.69, 9.17) is 5.73 Å². The quantitative estimate of drug-likeness (QED) is 0.681. The van der Waals surface area contributed by atoms with Crippen molar-refractivity contribution in [3.63, 3.8) is 0 Å². The van der Waals surface area contributed by atoms with E-state index in [1.54, 1.807) is 4.52 Å². The third kappa shape index (κ3) is 2.50. The van der Waals surface area contributed by atoms with Gasteiger partial charge in [0.15, 0.2) is 0 Å². The number of halogens is 1. The number of benzene rings is 1. The van der Waals surface area contributed by atoms with Crippen molar-refractivity contribution in [1.29, 1.82) is 0 Å². The number of H-pyrrole nitrogens is 1. The minimum Gasteiger partial charge on any atom is -0.366 e. The summed E-state index contributed by atoms with van der Waals surface area (Å²) in [7, 11) is 0. The highest BCUT2D eigenvalue weighted by Gasteiger charge is 2.48. The molecule has 0 bridgehead atoms. The molecule has 0 atom stereocenters. The maximum absolute atomic E-state index is 14.0. The number of nitrogens with zero attached hydrogens (tertiary/aromatic N) is 4. The summed E-state index contributed by atoms with van der Waals surface area (Å²) in [6, 6.07) is 2.58. The maximum Gasteiger partial charge on any atom is 0.251 e. The predicted molar refractivity (Wildman–Crippen MR) is 112 cm³/mol. The summed E-state index contributed by atoms with van der Waals surface area (Å²) in [6.45, 7) is 6.77. The number of amides is 1. The van der Waals surface area contributed by atoms with Crippen molar-refractivity contribution in [2.24, 2.45) is 11.1 Å². The largest absolute Gasteiger partial charge is 0.366 e. The summed E-state index contributed by atoms with van der Waals surface area (Å²) < 4.78 is 15.7. The van der Waals surface area contributed by atoms with Crippen LogP contribution < -0.4 is 5.73 Å². The van der Waals surface area contributed by atoms with Crippen LogP contribution in [0.4, 0.5) is 4.39 Å². The van der Waals surface area contributed by atoms with Gasteiger partial charge in [0.05, 0.1) is 17.3 Å². The molecule has 30 heavy (non-hydrogen) atoms. The molecule has 1 amide bonds. The molecule has 6 rings (SSSR count). The first-order chi connectivity index (χ1) is 14.4. The second-order valence-electron chi connectivity index (χ2n) is 9.85. The van der Waals surface area contributed by atoms with E-state index < -0.39 is 11.7 Å². The highest BCUT2D eigenvalue weighted by Crippen LogP contribution is 2.48. The lowest BCUT2D eigenvalue weighted by molar-refractivity contribution is 0.0388. The number of hydrazine groups is 1. The van der Waals surface area contributed by atoms with Crippen LogP contribution in [0, 0.1) is 11.2 Å². The monoisotopic (exact) mass is 410 g/mol. The van der Waals surface area contributed by atoms with Crippen molar-refractivity contribution in [1.82, 2.24) is 24.6 Å². The fraction of sp³-hybridized carbons (Fsp3) is 0.545. The first-order valence-electron chi connectivity index (χ1n) is 10.9. The molecule has 3 aliphatic rings. The minimum absolute atomic E-state index is 0.0504. The van der Waals surface area contributed by atoms with Gasteiger partial charge in [0.25, 0.3) is 5.91 Å². The van der Waals surface area contributed by atoms with Crippen LogP contribution in [0.1, 0.15) is 54.9 Å². The van der Waals surface area contributed by atoms with E-state index in [1.807, 2.05) is 6.20 Å². The van der Waals surface area contributed by atoms with E-state index in [2.05, 4.69) is 27.0 Å². The Hall–Kier alpha value is -2.45. The van der Waals surface area contributed by atoms with Gasteiger partial charge < -0.3 is 10.7 Å². The number of aromatic nitrogens is 3. The molecule has 8 heteroatoms. The third-order valence-corrected chi connectivity index (χ3v) is 7.92. The molecule has 2 aromatic heterocycles. The molecule has 1 aliphatic carbocycles. The fourth-order valence-electron chi connectivity index (χ4n) is 5.92. The molecular weight excluding hydrogens is 383 g/mol. The van der Waals surface area contributed by atoms with Crippen molar-refractivity contribution in [2.75, 3.05) is 26.2 Å². The number of carbonyl (C=O) groups excluding carboxylic acids is 1. The number of primary amides is 1. The van der Waals surface area contributed by atoms with Crippen molar-refractivity contribution < 1.29 is 9.18 Å². The van der Waals surface area contributed by atoms with Crippen LogP contribution in [0.2, 0.25) is 0 Å². The van der Waals surface area contributed by atoms with Crippen LogP contribution in [-0.2, 0) is 5.41 Å². The van der Waals surface area contributed by atoms with E-state index >= 15 is 0 Å². The highest BCUT2D eigenvalue weighted by molar-refractivity contribution is 6.05. The number of nitrogens with two attached hydrogens (primary N) is 1. The zero-order valence-electron chi connectivity index (χ0n) is 17.2. The number of carbonyl (C=O) groups is 1. The van der Waals surface area contributed by atoms with Crippen molar-refractivity contribution in [3.8, 4) is 0 Å². The lowest BCUT2D eigenvalue weighted by Crippen LogP contribution is -2.36. The van der Waals surface area contributed by atoms with Gasteiger partial charge in [0, 0.05) is 37.2 Å². The van der Waals surface area contributed by atoms with Gasteiger partial charge in [0.2, 0.25) is 0 Å². The Bertz CT molecular complexity index is 1160. The van der Waals surface area contributed by atoms with E-state index in [0.29, 0.717) is 16.4 Å². The Morgan fingerprint density at radius 1 is 1.17 bits per heavy atom. The number of imidazole rings is 1. The van der Waals surface area contributed by atoms with Crippen LogP contribution in [-0.4, -0.2) is 56.7 Å². The Labute approximate surface area is 174 Å². The van der Waals surface area contributed by atoms with Gasteiger partial charge in [-0.3, -0.25) is 4.79 Å². The molecule has 3 fully saturated rings. The number of hydrogen-bond donors (Lipinski definition) is 2. The van der Waals surface area contributed by atoms with Crippen LogP contribution in [0.5, 0.6) is 0 Å². The summed E-state index contributed by atoms with van der Waals surface area (Å²) in [5.74, 6) is -1.14. The van der Waals surface area contributed by atoms with Gasteiger partial charge in [-0.1, -0.05) is 13.3 Å². The highest BCUT2D eigenvalue weighted by atomic mass is 19.1. The molecule has 7 nitrogen and oxygen atoms in total. The lowest BCUT2D eigenvalue weighted by Gasteiger charge is -2.37.